The lowest BCUT2D eigenvalue weighted by Gasteiger charge is -2.11. The molecular formula is C12H16N2O6. The van der Waals surface area contributed by atoms with Gasteiger partial charge >= 0.3 is 5.97 Å². The first-order valence-corrected chi connectivity index (χ1v) is 5.88. The predicted octanol–water partition coefficient (Wildman–Crippen LogP) is 1.10. The van der Waals surface area contributed by atoms with Gasteiger partial charge in [0.05, 0.1) is 23.2 Å². The van der Waals surface area contributed by atoms with Crippen LogP contribution in [0.3, 0.4) is 0 Å². The zero-order valence-corrected chi connectivity index (χ0v) is 10.9. The molecule has 0 aromatic heterocycles. The third kappa shape index (κ3) is 4.48. The zero-order valence-electron chi connectivity index (χ0n) is 10.9. The molecule has 20 heavy (non-hydrogen) atoms. The Labute approximate surface area is 115 Å². The van der Waals surface area contributed by atoms with Crippen molar-refractivity contribution in [1.82, 2.24) is 0 Å². The zero-order chi connectivity index (χ0) is 15.1. The fraction of sp³-hybridized carbons (Fsp3) is 0.417. The van der Waals surface area contributed by atoms with Crippen LogP contribution in [0.5, 0.6) is 0 Å². The number of nitro benzene ring substituents is 1. The standard InChI is InChI=1S/C12H16N2O6/c1-20-7-9(15)4-5-13-10-6-8(12(16)17)2-3-11(10)14(18)19/h2-3,6,9,13,15H,4-5,7H2,1H3,(H,16,17). The molecule has 0 fully saturated rings. The van der Waals surface area contributed by atoms with Crippen LogP contribution in [0.25, 0.3) is 0 Å². The van der Waals surface area contributed by atoms with Crippen molar-refractivity contribution in [2.24, 2.45) is 0 Å². The van der Waals surface area contributed by atoms with E-state index in [1.54, 1.807) is 0 Å². The van der Waals surface area contributed by atoms with Crippen molar-refractivity contribution in [2.45, 2.75) is 12.5 Å². The average Bonchev–Trinajstić information content (AvgIpc) is 2.38. The van der Waals surface area contributed by atoms with Crippen LogP contribution in [0, 0.1) is 10.1 Å². The number of benzene rings is 1. The molecule has 0 bridgehead atoms. The monoisotopic (exact) mass is 284 g/mol. The van der Waals surface area contributed by atoms with E-state index in [4.69, 9.17) is 9.84 Å². The van der Waals surface area contributed by atoms with Crippen molar-refractivity contribution in [3.05, 3.63) is 33.9 Å². The second kappa shape index (κ2) is 7.41. The van der Waals surface area contributed by atoms with E-state index in [2.05, 4.69) is 5.32 Å². The lowest BCUT2D eigenvalue weighted by Crippen LogP contribution is -2.18. The van der Waals surface area contributed by atoms with Gasteiger partial charge in [-0.05, 0) is 18.6 Å². The molecule has 110 valence electrons. The highest BCUT2D eigenvalue weighted by Crippen LogP contribution is 2.25. The summed E-state index contributed by atoms with van der Waals surface area (Å²) in [7, 11) is 1.46. The normalized spacial score (nSPS) is 11.9. The SMILES string of the molecule is COCC(O)CCNc1cc(C(=O)O)ccc1[N+](=O)[O-]. The molecule has 3 N–H and O–H groups in total. The first-order chi connectivity index (χ1) is 9.45. The van der Waals surface area contributed by atoms with E-state index in [1.807, 2.05) is 0 Å². The van der Waals surface area contributed by atoms with Crippen LogP contribution in [0.4, 0.5) is 11.4 Å². The maximum atomic E-state index is 10.9. The number of carbonyl (C=O) groups is 1. The molecule has 8 nitrogen and oxygen atoms in total. The van der Waals surface area contributed by atoms with E-state index in [1.165, 1.54) is 19.2 Å². The van der Waals surface area contributed by atoms with Gasteiger partial charge in [0.25, 0.3) is 5.69 Å². The Kier molecular flexibility index (Phi) is 5.88. The number of hydrogen-bond acceptors (Lipinski definition) is 6. The van der Waals surface area contributed by atoms with Gasteiger partial charge in [-0.3, -0.25) is 10.1 Å². The summed E-state index contributed by atoms with van der Waals surface area (Å²) in [6.45, 7) is 0.424. The van der Waals surface area contributed by atoms with Gasteiger partial charge in [-0.25, -0.2) is 4.79 Å². The molecule has 8 heteroatoms. The number of carboxylic acids is 1. The molecular weight excluding hydrogens is 268 g/mol. The van der Waals surface area contributed by atoms with Crippen LogP contribution in [0.15, 0.2) is 18.2 Å². The van der Waals surface area contributed by atoms with Gasteiger partial charge in [-0.15, -0.1) is 0 Å². The first kappa shape index (κ1) is 15.9. The Morgan fingerprint density at radius 2 is 2.25 bits per heavy atom. The minimum atomic E-state index is -1.16. The van der Waals surface area contributed by atoms with Crippen LogP contribution >= 0.6 is 0 Å². The highest BCUT2D eigenvalue weighted by Gasteiger charge is 2.16. The molecule has 1 aromatic rings. The average molecular weight is 284 g/mol. The number of methoxy groups -OCH3 is 1. The van der Waals surface area contributed by atoms with Crippen molar-refractivity contribution >= 4 is 17.3 Å². The molecule has 0 radical (unpaired) electrons. The summed E-state index contributed by atoms with van der Waals surface area (Å²) in [5.74, 6) is -1.16. The fourth-order valence-corrected chi connectivity index (χ4v) is 1.62. The first-order valence-electron chi connectivity index (χ1n) is 5.88. The molecule has 0 aliphatic heterocycles. The van der Waals surface area contributed by atoms with Crippen molar-refractivity contribution in [3.8, 4) is 0 Å². The number of nitrogens with one attached hydrogen (secondary N) is 1. The highest BCUT2D eigenvalue weighted by atomic mass is 16.6. The van der Waals surface area contributed by atoms with Crippen LogP contribution in [-0.2, 0) is 4.74 Å². The van der Waals surface area contributed by atoms with Crippen molar-refractivity contribution < 1.29 is 24.7 Å². The molecule has 0 amide bonds. The van der Waals surface area contributed by atoms with Crippen LogP contribution in [0.2, 0.25) is 0 Å². The molecule has 0 spiro atoms. The van der Waals surface area contributed by atoms with Crippen molar-refractivity contribution in [2.75, 3.05) is 25.6 Å². The Bertz CT molecular complexity index is 491. The predicted molar refractivity (Wildman–Crippen MR) is 71.0 cm³/mol. The van der Waals surface area contributed by atoms with Gasteiger partial charge in [0, 0.05) is 19.7 Å². The molecule has 1 rings (SSSR count). The minimum Gasteiger partial charge on any atom is -0.478 e. The Morgan fingerprint density at radius 1 is 1.55 bits per heavy atom. The molecule has 0 heterocycles. The van der Waals surface area contributed by atoms with E-state index in [0.717, 1.165) is 6.07 Å². The third-order valence-corrected chi connectivity index (χ3v) is 2.59. The van der Waals surface area contributed by atoms with E-state index < -0.39 is 17.0 Å². The molecule has 0 saturated heterocycles. The number of carboxylic acid groups (broad SMARTS) is 1. The van der Waals surface area contributed by atoms with E-state index in [9.17, 15) is 20.0 Å². The second-order valence-electron chi connectivity index (χ2n) is 4.12. The highest BCUT2D eigenvalue weighted by molar-refractivity contribution is 5.90. The number of aliphatic hydroxyl groups is 1. The number of rotatable bonds is 8. The largest absolute Gasteiger partial charge is 0.478 e. The molecule has 1 unspecified atom stereocenters. The molecule has 0 saturated carbocycles. The Morgan fingerprint density at radius 3 is 2.80 bits per heavy atom. The Balaban J connectivity index is 2.77. The summed E-state index contributed by atoms with van der Waals surface area (Å²) in [5.41, 5.74) is -0.147. The second-order valence-corrected chi connectivity index (χ2v) is 4.12. The lowest BCUT2D eigenvalue weighted by atomic mass is 10.1. The lowest BCUT2D eigenvalue weighted by molar-refractivity contribution is -0.384. The van der Waals surface area contributed by atoms with Crippen molar-refractivity contribution in [1.29, 1.82) is 0 Å². The van der Waals surface area contributed by atoms with Crippen LogP contribution < -0.4 is 5.32 Å². The smallest absolute Gasteiger partial charge is 0.335 e. The van der Waals surface area contributed by atoms with Gasteiger partial charge in [0.2, 0.25) is 0 Å². The van der Waals surface area contributed by atoms with Gasteiger partial charge < -0.3 is 20.3 Å². The number of nitro groups is 1. The quantitative estimate of drug-likeness (QED) is 0.482. The third-order valence-electron chi connectivity index (χ3n) is 2.59. The molecule has 0 aliphatic rings. The maximum Gasteiger partial charge on any atom is 0.335 e. The van der Waals surface area contributed by atoms with E-state index >= 15 is 0 Å². The summed E-state index contributed by atoms with van der Waals surface area (Å²) in [6, 6.07) is 3.51. The minimum absolute atomic E-state index is 0.0458. The summed E-state index contributed by atoms with van der Waals surface area (Å²) in [4.78, 5) is 21.1. The van der Waals surface area contributed by atoms with Crippen molar-refractivity contribution in [3.63, 3.8) is 0 Å². The summed E-state index contributed by atoms with van der Waals surface area (Å²) in [5, 5.41) is 31.9. The summed E-state index contributed by atoms with van der Waals surface area (Å²) < 4.78 is 4.76. The molecule has 1 aromatic carbocycles. The van der Waals surface area contributed by atoms with Gasteiger partial charge in [0.15, 0.2) is 0 Å². The maximum absolute atomic E-state index is 10.9. The molecule has 0 aliphatic carbocycles. The summed E-state index contributed by atoms with van der Waals surface area (Å²) in [6.07, 6.45) is -0.364. The van der Waals surface area contributed by atoms with E-state index in [-0.39, 0.29) is 30.1 Å². The number of hydrogen-bond donors (Lipinski definition) is 3. The molecule has 1 atom stereocenters. The van der Waals surface area contributed by atoms with Gasteiger partial charge in [-0.1, -0.05) is 0 Å². The van der Waals surface area contributed by atoms with Crippen LogP contribution in [0.1, 0.15) is 16.8 Å². The topological polar surface area (TPSA) is 122 Å². The number of nitrogens with zero attached hydrogens (tertiary/aromatic N) is 1. The number of ether oxygens (including phenoxy) is 1. The Hall–Kier alpha value is -2.19. The number of aliphatic hydroxyl groups excluding tert-OH is 1. The van der Waals surface area contributed by atoms with Gasteiger partial charge in [-0.2, -0.15) is 0 Å². The summed E-state index contributed by atoms with van der Waals surface area (Å²) >= 11 is 0. The number of aromatic carboxylic acids is 1. The fourth-order valence-electron chi connectivity index (χ4n) is 1.62. The number of anilines is 1. The van der Waals surface area contributed by atoms with Gasteiger partial charge in [0.1, 0.15) is 5.69 Å². The van der Waals surface area contributed by atoms with E-state index in [0.29, 0.717) is 6.42 Å². The van der Waals surface area contributed by atoms with Crippen LogP contribution in [-0.4, -0.2) is 47.5 Å².